The molecule has 0 aliphatic rings. The van der Waals surface area contributed by atoms with Crippen molar-refractivity contribution in [2.24, 2.45) is 0 Å². The molecule has 1 aromatic heterocycles. The molecule has 0 fully saturated rings. The summed E-state index contributed by atoms with van der Waals surface area (Å²) >= 11 is 0. The first-order valence-corrected chi connectivity index (χ1v) is 4.60. The summed E-state index contributed by atoms with van der Waals surface area (Å²) in [4.78, 5) is 10.1. The summed E-state index contributed by atoms with van der Waals surface area (Å²) in [5.74, 6) is 1.33. The molecule has 0 atom stereocenters. The highest BCUT2D eigenvalue weighted by Gasteiger charge is 2.10. The summed E-state index contributed by atoms with van der Waals surface area (Å²) in [5, 5.41) is 0. The van der Waals surface area contributed by atoms with Gasteiger partial charge < -0.3 is 10.6 Å². The normalized spacial score (nSPS) is 10.2. The molecular weight excluding hydrogens is 176 g/mol. The van der Waals surface area contributed by atoms with E-state index in [9.17, 15) is 0 Å². The molecule has 0 aromatic carbocycles. The predicted molar refractivity (Wildman–Crippen MR) is 59.1 cm³/mol. The highest BCUT2D eigenvalue weighted by molar-refractivity contribution is 5.46. The monoisotopic (exact) mass is 192 g/mol. The van der Waals surface area contributed by atoms with E-state index in [0.717, 1.165) is 12.4 Å². The Morgan fingerprint density at radius 2 is 2.29 bits per heavy atom. The van der Waals surface area contributed by atoms with E-state index in [4.69, 9.17) is 5.73 Å². The number of nitrogens with two attached hydrogens (primary N) is 1. The first kappa shape index (κ1) is 10.5. The third kappa shape index (κ3) is 2.45. The smallest absolute Gasteiger partial charge is 0.134 e. The standard InChI is InChI=1S/C10H16N4/c1-4-5-14(8(2)3)10-6-9(11)12-7-13-10/h4,6-8H,1,5H2,2-3H3,(H2,11,12,13). The van der Waals surface area contributed by atoms with Crippen LogP contribution in [0.3, 0.4) is 0 Å². The lowest BCUT2D eigenvalue weighted by Crippen LogP contribution is -2.31. The zero-order chi connectivity index (χ0) is 10.6. The van der Waals surface area contributed by atoms with E-state index < -0.39 is 0 Å². The molecule has 0 unspecified atom stereocenters. The van der Waals surface area contributed by atoms with Crippen molar-refractivity contribution in [2.75, 3.05) is 17.2 Å². The Bertz CT molecular complexity index is 309. The highest BCUT2D eigenvalue weighted by Crippen LogP contribution is 2.14. The second kappa shape index (κ2) is 4.60. The van der Waals surface area contributed by atoms with Crippen LogP contribution in [-0.2, 0) is 0 Å². The number of aromatic nitrogens is 2. The Balaban J connectivity index is 2.92. The fourth-order valence-electron chi connectivity index (χ4n) is 1.23. The Morgan fingerprint density at radius 1 is 1.57 bits per heavy atom. The molecule has 0 bridgehead atoms. The van der Waals surface area contributed by atoms with Crippen LogP contribution in [0.25, 0.3) is 0 Å². The van der Waals surface area contributed by atoms with Crippen molar-refractivity contribution in [3.63, 3.8) is 0 Å². The lowest BCUT2D eigenvalue weighted by molar-refractivity contribution is 0.711. The summed E-state index contributed by atoms with van der Waals surface area (Å²) in [6.45, 7) is 8.67. The van der Waals surface area contributed by atoms with Crippen LogP contribution in [-0.4, -0.2) is 22.6 Å². The average molecular weight is 192 g/mol. The molecule has 1 heterocycles. The summed E-state index contributed by atoms with van der Waals surface area (Å²) in [5.41, 5.74) is 5.59. The molecule has 14 heavy (non-hydrogen) atoms. The van der Waals surface area contributed by atoms with E-state index in [1.165, 1.54) is 6.33 Å². The Morgan fingerprint density at radius 3 is 2.79 bits per heavy atom. The molecule has 0 aliphatic heterocycles. The van der Waals surface area contributed by atoms with E-state index >= 15 is 0 Å². The molecule has 2 N–H and O–H groups in total. The lowest BCUT2D eigenvalue weighted by atomic mass is 10.3. The molecule has 76 valence electrons. The highest BCUT2D eigenvalue weighted by atomic mass is 15.2. The molecule has 0 saturated heterocycles. The van der Waals surface area contributed by atoms with Crippen molar-refractivity contribution in [3.8, 4) is 0 Å². The molecule has 0 aliphatic carbocycles. The van der Waals surface area contributed by atoms with Crippen molar-refractivity contribution in [1.29, 1.82) is 0 Å². The minimum atomic E-state index is 0.363. The molecule has 0 radical (unpaired) electrons. The third-order valence-corrected chi connectivity index (χ3v) is 1.92. The molecule has 1 rings (SSSR count). The van der Waals surface area contributed by atoms with Crippen LogP contribution in [0.2, 0.25) is 0 Å². The lowest BCUT2D eigenvalue weighted by Gasteiger charge is -2.26. The van der Waals surface area contributed by atoms with Gasteiger partial charge >= 0.3 is 0 Å². The van der Waals surface area contributed by atoms with Gasteiger partial charge in [-0.3, -0.25) is 0 Å². The summed E-state index contributed by atoms with van der Waals surface area (Å²) in [7, 11) is 0. The first-order chi connectivity index (χ1) is 6.65. The molecule has 1 aromatic rings. The van der Waals surface area contributed by atoms with Gasteiger partial charge in [0.15, 0.2) is 0 Å². The van der Waals surface area contributed by atoms with Crippen LogP contribution in [0.1, 0.15) is 13.8 Å². The van der Waals surface area contributed by atoms with E-state index in [-0.39, 0.29) is 0 Å². The topological polar surface area (TPSA) is 55.0 Å². The number of nitrogen functional groups attached to an aromatic ring is 1. The molecule has 4 heteroatoms. The quantitative estimate of drug-likeness (QED) is 0.734. The molecule has 4 nitrogen and oxygen atoms in total. The SMILES string of the molecule is C=CCN(c1cc(N)ncn1)C(C)C. The summed E-state index contributed by atoms with van der Waals surface area (Å²) < 4.78 is 0. The van der Waals surface area contributed by atoms with E-state index in [2.05, 4.69) is 35.3 Å². The van der Waals surface area contributed by atoms with E-state index in [1.807, 2.05) is 6.08 Å². The fraction of sp³-hybridized carbons (Fsp3) is 0.400. The van der Waals surface area contributed by atoms with Gasteiger partial charge in [0.1, 0.15) is 18.0 Å². The fourth-order valence-corrected chi connectivity index (χ4v) is 1.23. The molecular formula is C10H16N4. The molecule has 0 amide bonds. The first-order valence-electron chi connectivity index (χ1n) is 4.60. The van der Waals surface area contributed by atoms with Crippen molar-refractivity contribution in [1.82, 2.24) is 9.97 Å². The summed E-state index contributed by atoms with van der Waals surface area (Å²) in [6.07, 6.45) is 3.32. The van der Waals surface area contributed by atoms with Crippen molar-refractivity contribution >= 4 is 11.6 Å². The van der Waals surface area contributed by atoms with Crippen LogP contribution < -0.4 is 10.6 Å². The minimum Gasteiger partial charge on any atom is -0.384 e. The maximum atomic E-state index is 5.59. The third-order valence-electron chi connectivity index (χ3n) is 1.92. The number of rotatable bonds is 4. The zero-order valence-electron chi connectivity index (χ0n) is 8.64. The van der Waals surface area contributed by atoms with Gasteiger partial charge in [0, 0.05) is 18.7 Å². The van der Waals surface area contributed by atoms with Crippen LogP contribution in [0.15, 0.2) is 25.0 Å². The van der Waals surface area contributed by atoms with Crippen LogP contribution in [0.5, 0.6) is 0 Å². The van der Waals surface area contributed by atoms with Crippen LogP contribution in [0.4, 0.5) is 11.6 Å². The second-order valence-corrected chi connectivity index (χ2v) is 3.34. The van der Waals surface area contributed by atoms with E-state index in [0.29, 0.717) is 11.9 Å². The van der Waals surface area contributed by atoms with Crippen LogP contribution in [0, 0.1) is 0 Å². The number of anilines is 2. The van der Waals surface area contributed by atoms with Gasteiger partial charge in [-0.05, 0) is 13.8 Å². The molecule has 0 saturated carbocycles. The van der Waals surface area contributed by atoms with Gasteiger partial charge in [0.2, 0.25) is 0 Å². The number of nitrogens with zero attached hydrogens (tertiary/aromatic N) is 3. The van der Waals surface area contributed by atoms with Gasteiger partial charge in [-0.2, -0.15) is 0 Å². The largest absolute Gasteiger partial charge is 0.384 e. The maximum Gasteiger partial charge on any atom is 0.134 e. The zero-order valence-corrected chi connectivity index (χ0v) is 8.64. The van der Waals surface area contributed by atoms with Gasteiger partial charge in [-0.15, -0.1) is 6.58 Å². The Labute approximate surface area is 84.5 Å². The number of hydrogen-bond acceptors (Lipinski definition) is 4. The Hall–Kier alpha value is -1.58. The van der Waals surface area contributed by atoms with E-state index in [1.54, 1.807) is 6.07 Å². The summed E-state index contributed by atoms with van der Waals surface area (Å²) in [6, 6.07) is 2.13. The van der Waals surface area contributed by atoms with Crippen molar-refractivity contribution < 1.29 is 0 Å². The number of hydrogen-bond donors (Lipinski definition) is 1. The maximum absolute atomic E-state index is 5.59. The predicted octanol–water partition coefficient (Wildman–Crippen LogP) is 1.46. The van der Waals surface area contributed by atoms with Crippen molar-refractivity contribution in [2.45, 2.75) is 19.9 Å². The van der Waals surface area contributed by atoms with Gasteiger partial charge in [-0.25, -0.2) is 9.97 Å². The minimum absolute atomic E-state index is 0.363. The van der Waals surface area contributed by atoms with Crippen molar-refractivity contribution in [3.05, 3.63) is 25.0 Å². The van der Waals surface area contributed by atoms with Crippen LogP contribution >= 0.6 is 0 Å². The average Bonchev–Trinajstić information content (AvgIpc) is 2.13. The second-order valence-electron chi connectivity index (χ2n) is 3.34. The Kier molecular flexibility index (Phi) is 3.45. The van der Waals surface area contributed by atoms with Gasteiger partial charge in [-0.1, -0.05) is 6.08 Å². The van der Waals surface area contributed by atoms with Gasteiger partial charge in [0.05, 0.1) is 0 Å². The molecule has 0 spiro atoms. The van der Waals surface area contributed by atoms with Gasteiger partial charge in [0.25, 0.3) is 0 Å².